The first-order valence-electron chi connectivity index (χ1n) is 9.80. The molecule has 2 aromatic rings. The van der Waals surface area contributed by atoms with E-state index in [2.05, 4.69) is 28.4 Å². The fraction of sp³-hybridized carbons (Fsp3) is 0.455. The maximum Gasteiger partial charge on any atom is 0.161 e. The summed E-state index contributed by atoms with van der Waals surface area (Å²) >= 11 is 0. The topological polar surface area (TPSA) is 43.0 Å². The Morgan fingerprint density at radius 3 is 2.81 bits per heavy atom. The highest BCUT2D eigenvalue weighted by molar-refractivity contribution is 5.79. The van der Waals surface area contributed by atoms with Crippen LogP contribution in [0.5, 0.6) is 17.2 Å². The van der Waals surface area contributed by atoms with Crippen LogP contribution >= 0.6 is 0 Å². The predicted molar refractivity (Wildman–Crippen MR) is 106 cm³/mol. The van der Waals surface area contributed by atoms with Crippen LogP contribution < -0.4 is 24.4 Å². The average Bonchev–Trinajstić information content (AvgIpc) is 2.88. The molecule has 0 aliphatic carbocycles. The number of benzene rings is 2. The maximum absolute atomic E-state index is 6.19. The molecular weight excluding hydrogens is 340 g/mol. The van der Waals surface area contributed by atoms with E-state index in [0.717, 1.165) is 55.5 Å². The summed E-state index contributed by atoms with van der Waals surface area (Å²) in [6.45, 7) is 4.03. The number of piperidine rings is 1. The molecule has 3 aliphatic heterocycles. The normalized spacial score (nSPS) is 23.1. The number of rotatable bonds is 3. The first-order valence-corrected chi connectivity index (χ1v) is 9.80. The number of anilines is 1. The van der Waals surface area contributed by atoms with Crippen molar-refractivity contribution in [3.63, 3.8) is 0 Å². The molecule has 27 heavy (non-hydrogen) atoms. The Balaban J connectivity index is 1.64. The third-order valence-electron chi connectivity index (χ3n) is 6.15. The Labute approximate surface area is 160 Å². The van der Waals surface area contributed by atoms with Crippen LogP contribution in [0.2, 0.25) is 0 Å². The Bertz CT molecular complexity index is 867. The summed E-state index contributed by atoms with van der Waals surface area (Å²) in [7, 11) is 3.34. The highest BCUT2D eigenvalue weighted by Crippen LogP contribution is 2.51. The van der Waals surface area contributed by atoms with Gasteiger partial charge in [-0.25, -0.2) is 0 Å². The van der Waals surface area contributed by atoms with Crippen molar-refractivity contribution >= 4 is 5.69 Å². The van der Waals surface area contributed by atoms with Gasteiger partial charge in [0.15, 0.2) is 11.5 Å². The molecule has 0 spiro atoms. The van der Waals surface area contributed by atoms with Crippen molar-refractivity contribution in [2.24, 2.45) is 0 Å². The van der Waals surface area contributed by atoms with Gasteiger partial charge in [-0.1, -0.05) is 6.07 Å². The molecule has 0 saturated carbocycles. The van der Waals surface area contributed by atoms with Crippen LogP contribution in [0.4, 0.5) is 5.69 Å². The molecule has 0 aromatic heterocycles. The minimum atomic E-state index is 0.536. The van der Waals surface area contributed by atoms with E-state index < -0.39 is 0 Å². The molecule has 3 heterocycles. The zero-order valence-electron chi connectivity index (χ0n) is 16.0. The first kappa shape index (κ1) is 16.8. The molecule has 5 nitrogen and oxygen atoms in total. The van der Waals surface area contributed by atoms with Gasteiger partial charge in [-0.2, -0.15) is 0 Å². The lowest BCUT2D eigenvalue weighted by Gasteiger charge is -2.33. The highest BCUT2D eigenvalue weighted by Gasteiger charge is 2.42. The minimum absolute atomic E-state index is 0.536. The fourth-order valence-electron chi connectivity index (χ4n) is 4.91. The van der Waals surface area contributed by atoms with Gasteiger partial charge >= 0.3 is 0 Å². The van der Waals surface area contributed by atoms with E-state index in [0.29, 0.717) is 12.0 Å². The highest BCUT2D eigenvalue weighted by atomic mass is 16.5. The maximum atomic E-state index is 6.19. The number of hydrogen-bond donors (Lipinski definition) is 1. The van der Waals surface area contributed by atoms with E-state index in [1.807, 2.05) is 12.1 Å². The van der Waals surface area contributed by atoms with Gasteiger partial charge in [0.2, 0.25) is 0 Å². The summed E-state index contributed by atoms with van der Waals surface area (Å²) in [5, 5.41) is 3.59. The molecule has 0 unspecified atom stereocenters. The molecule has 1 N–H and O–H groups in total. The van der Waals surface area contributed by atoms with Crippen molar-refractivity contribution < 1.29 is 14.2 Å². The lowest BCUT2D eigenvalue weighted by atomic mass is 9.88. The summed E-state index contributed by atoms with van der Waals surface area (Å²) in [5.41, 5.74) is 5.06. The molecule has 1 saturated heterocycles. The lowest BCUT2D eigenvalue weighted by Crippen LogP contribution is -2.44. The van der Waals surface area contributed by atoms with E-state index in [-0.39, 0.29) is 0 Å². The number of methoxy groups -OCH3 is 2. The fourth-order valence-corrected chi connectivity index (χ4v) is 4.91. The second kappa shape index (κ2) is 6.64. The first-order chi connectivity index (χ1) is 13.3. The standard InChI is InChI=1S/C22H26N2O3/c1-25-19-5-4-14(11-20(19)26-2)15-10-16-17-13-23-7-6-18(17)24-8-3-9-27-21(12-15)22(16)24/h4-5,10-12,17-18,23H,3,6-9,13H2,1-2H3/t17-,18-/m0/s1. The molecule has 5 heteroatoms. The summed E-state index contributed by atoms with van der Waals surface area (Å²) in [6, 6.07) is 11.3. The Kier molecular flexibility index (Phi) is 4.12. The molecule has 0 bridgehead atoms. The van der Waals surface area contributed by atoms with Gasteiger partial charge in [0.1, 0.15) is 5.75 Å². The van der Waals surface area contributed by atoms with E-state index in [4.69, 9.17) is 14.2 Å². The van der Waals surface area contributed by atoms with Crippen LogP contribution in [0.3, 0.4) is 0 Å². The molecule has 5 rings (SSSR count). The number of nitrogens with zero attached hydrogens (tertiary/aromatic N) is 1. The summed E-state index contributed by atoms with van der Waals surface area (Å²) in [4.78, 5) is 2.61. The van der Waals surface area contributed by atoms with Gasteiger partial charge in [0.25, 0.3) is 0 Å². The van der Waals surface area contributed by atoms with Gasteiger partial charge in [-0.3, -0.25) is 0 Å². The van der Waals surface area contributed by atoms with Crippen LogP contribution in [0, 0.1) is 0 Å². The SMILES string of the molecule is COc1ccc(-c2cc3c4c(c2)[C@@H]2CNCC[C@@H]2N4CCCO3)cc1OC. The molecule has 1 fully saturated rings. The Morgan fingerprint density at radius 2 is 1.96 bits per heavy atom. The summed E-state index contributed by atoms with van der Waals surface area (Å²) in [5.74, 6) is 3.07. The summed E-state index contributed by atoms with van der Waals surface area (Å²) in [6.07, 6.45) is 2.28. The zero-order valence-corrected chi connectivity index (χ0v) is 16.0. The van der Waals surface area contributed by atoms with Crippen molar-refractivity contribution in [3.05, 3.63) is 35.9 Å². The van der Waals surface area contributed by atoms with Crippen LogP contribution in [0.25, 0.3) is 11.1 Å². The largest absolute Gasteiger partial charge is 0.493 e. The van der Waals surface area contributed by atoms with Gasteiger partial charge < -0.3 is 24.4 Å². The zero-order chi connectivity index (χ0) is 18.4. The van der Waals surface area contributed by atoms with Crippen molar-refractivity contribution in [3.8, 4) is 28.4 Å². The van der Waals surface area contributed by atoms with Crippen molar-refractivity contribution in [1.82, 2.24) is 5.32 Å². The third-order valence-corrected chi connectivity index (χ3v) is 6.15. The number of nitrogens with one attached hydrogen (secondary N) is 1. The number of hydrogen-bond acceptors (Lipinski definition) is 5. The molecular formula is C22H26N2O3. The quantitative estimate of drug-likeness (QED) is 0.902. The summed E-state index contributed by atoms with van der Waals surface area (Å²) < 4.78 is 17.1. The van der Waals surface area contributed by atoms with Crippen molar-refractivity contribution in [2.75, 3.05) is 45.4 Å². The Hall–Kier alpha value is -2.40. The van der Waals surface area contributed by atoms with E-state index >= 15 is 0 Å². The van der Waals surface area contributed by atoms with Crippen molar-refractivity contribution in [1.29, 1.82) is 0 Å². The minimum Gasteiger partial charge on any atom is -0.493 e. The van der Waals surface area contributed by atoms with Gasteiger partial charge in [-0.05, 0) is 60.3 Å². The van der Waals surface area contributed by atoms with Crippen LogP contribution in [0.1, 0.15) is 24.3 Å². The molecule has 2 atom stereocenters. The van der Waals surface area contributed by atoms with Crippen LogP contribution in [-0.2, 0) is 0 Å². The van der Waals surface area contributed by atoms with E-state index in [9.17, 15) is 0 Å². The van der Waals surface area contributed by atoms with Gasteiger partial charge in [0.05, 0.1) is 26.5 Å². The predicted octanol–water partition coefficient (Wildman–Crippen LogP) is 3.42. The van der Waals surface area contributed by atoms with Crippen molar-refractivity contribution in [2.45, 2.75) is 24.8 Å². The Morgan fingerprint density at radius 1 is 1.07 bits per heavy atom. The molecule has 2 aromatic carbocycles. The smallest absolute Gasteiger partial charge is 0.161 e. The number of fused-ring (bicyclic) bond motifs is 3. The molecule has 0 radical (unpaired) electrons. The number of ether oxygens (including phenoxy) is 3. The third kappa shape index (κ3) is 2.64. The van der Waals surface area contributed by atoms with E-state index in [1.165, 1.54) is 23.2 Å². The molecule has 142 valence electrons. The second-order valence-electron chi connectivity index (χ2n) is 7.54. The van der Waals surface area contributed by atoms with Gasteiger partial charge in [0, 0.05) is 25.0 Å². The average molecular weight is 366 g/mol. The molecule has 0 amide bonds. The van der Waals surface area contributed by atoms with E-state index in [1.54, 1.807) is 14.2 Å². The van der Waals surface area contributed by atoms with Gasteiger partial charge in [-0.15, -0.1) is 0 Å². The second-order valence-corrected chi connectivity index (χ2v) is 7.54. The van der Waals surface area contributed by atoms with Crippen LogP contribution in [-0.4, -0.2) is 46.5 Å². The lowest BCUT2D eigenvalue weighted by molar-refractivity contribution is 0.319. The molecule has 3 aliphatic rings. The van der Waals surface area contributed by atoms with Crippen LogP contribution in [0.15, 0.2) is 30.3 Å². The monoisotopic (exact) mass is 366 g/mol.